The van der Waals surface area contributed by atoms with E-state index >= 15 is 0 Å². The van der Waals surface area contributed by atoms with Crippen LogP contribution in [0.3, 0.4) is 0 Å². The molecule has 3 rings (SSSR count). The van der Waals surface area contributed by atoms with Gasteiger partial charge in [0.25, 0.3) is 11.8 Å². The molecule has 0 aliphatic carbocycles. The third-order valence-corrected chi connectivity index (χ3v) is 3.47. The van der Waals surface area contributed by atoms with Crippen LogP contribution in [0.1, 0.15) is 20.7 Å². The number of para-hydroxylation sites is 1. The molecule has 0 aromatic heterocycles. The summed E-state index contributed by atoms with van der Waals surface area (Å²) in [6.45, 7) is 0. The van der Waals surface area contributed by atoms with Gasteiger partial charge in [0.1, 0.15) is 0 Å². The number of fused-ring (bicyclic) bond motifs is 1. The lowest BCUT2D eigenvalue weighted by Crippen LogP contribution is -2.18. The summed E-state index contributed by atoms with van der Waals surface area (Å²) >= 11 is 0. The van der Waals surface area contributed by atoms with E-state index in [4.69, 9.17) is 5.73 Å². The van der Waals surface area contributed by atoms with Crippen LogP contribution in [-0.4, -0.2) is 11.8 Å². The smallest absolute Gasteiger partial charge is 0.256 e. The Bertz CT molecular complexity index is 866. The van der Waals surface area contributed by atoms with Crippen molar-refractivity contribution in [2.24, 2.45) is 5.73 Å². The van der Waals surface area contributed by atoms with Crippen LogP contribution < -0.4 is 11.1 Å². The number of carbonyl (C=O) groups is 2. The van der Waals surface area contributed by atoms with E-state index in [1.807, 2.05) is 36.4 Å². The van der Waals surface area contributed by atoms with E-state index < -0.39 is 5.91 Å². The van der Waals surface area contributed by atoms with Crippen LogP contribution in [0.2, 0.25) is 0 Å². The molecule has 2 amide bonds. The Hall–Kier alpha value is -3.14. The molecule has 0 bridgehead atoms. The van der Waals surface area contributed by atoms with Crippen molar-refractivity contribution in [3.05, 3.63) is 77.9 Å². The minimum absolute atomic E-state index is 0.273. The number of benzene rings is 3. The maximum Gasteiger partial charge on any atom is 0.256 e. The highest BCUT2D eigenvalue weighted by Crippen LogP contribution is 2.21. The molecule has 3 N–H and O–H groups in total. The molecule has 0 heterocycles. The van der Waals surface area contributed by atoms with E-state index in [9.17, 15) is 9.59 Å². The van der Waals surface area contributed by atoms with Crippen molar-refractivity contribution < 1.29 is 9.59 Å². The number of rotatable bonds is 3. The maximum atomic E-state index is 12.5. The summed E-state index contributed by atoms with van der Waals surface area (Å²) in [7, 11) is 0. The highest BCUT2D eigenvalue weighted by Gasteiger charge is 2.13. The van der Waals surface area contributed by atoms with E-state index in [1.54, 1.807) is 30.3 Å². The molecule has 0 unspecified atom stereocenters. The predicted molar refractivity (Wildman–Crippen MR) is 86.9 cm³/mol. The second-order valence-electron chi connectivity index (χ2n) is 4.89. The summed E-state index contributed by atoms with van der Waals surface area (Å²) in [6.07, 6.45) is 0. The number of primary amides is 1. The van der Waals surface area contributed by atoms with E-state index in [0.717, 1.165) is 10.8 Å². The number of hydrogen-bond acceptors (Lipinski definition) is 2. The molecular formula is C18H14N2O2. The average Bonchev–Trinajstić information content (AvgIpc) is 2.54. The van der Waals surface area contributed by atoms with Gasteiger partial charge in [0.05, 0.1) is 11.3 Å². The van der Waals surface area contributed by atoms with Crippen LogP contribution in [0, 0.1) is 0 Å². The Kier molecular flexibility index (Phi) is 3.58. The van der Waals surface area contributed by atoms with E-state index in [1.165, 1.54) is 0 Å². The molecule has 108 valence electrons. The van der Waals surface area contributed by atoms with Crippen LogP contribution in [-0.2, 0) is 0 Å². The predicted octanol–water partition coefficient (Wildman–Crippen LogP) is 3.19. The summed E-state index contributed by atoms with van der Waals surface area (Å²) in [5.41, 5.74) is 6.58. The minimum atomic E-state index is -0.575. The highest BCUT2D eigenvalue weighted by molar-refractivity contribution is 6.14. The van der Waals surface area contributed by atoms with Crippen molar-refractivity contribution >= 4 is 28.3 Å². The van der Waals surface area contributed by atoms with Crippen molar-refractivity contribution in [2.45, 2.75) is 0 Å². The van der Waals surface area contributed by atoms with E-state index in [2.05, 4.69) is 5.32 Å². The first-order chi connectivity index (χ1) is 10.7. The van der Waals surface area contributed by atoms with Crippen molar-refractivity contribution in [3.63, 3.8) is 0 Å². The van der Waals surface area contributed by atoms with Crippen LogP contribution in [0.25, 0.3) is 10.8 Å². The fourth-order valence-electron chi connectivity index (χ4n) is 2.42. The SMILES string of the molecule is NC(=O)c1ccccc1NC(=O)c1cccc2ccccc12. The second-order valence-corrected chi connectivity index (χ2v) is 4.89. The lowest BCUT2D eigenvalue weighted by molar-refractivity contribution is 0.100. The monoisotopic (exact) mass is 290 g/mol. The van der Waals surface area contributed by atoms with Crippen LogP contribution in [0.4, 0.5) is 5.69 Å². The van der Waals surface area contributed by atoms with Crippen LogP contribution >= 0.6 is 0 Å². The standard InChI is InChI=1S/C18H14N2O2/c19-17(21)15-9-3-4-11-16(15)20-18(22)14-10-5-7-12-6-1-2-8-13(12)14/h1-11H,(H2,19,21)(H,20,22). The number of carbonyl (C=O) groups excluding carboxylic acids is 2. The summed E-state index contributed by atoms with van der Waals surface area (Å²) < 4.78 is 0. The average molecular weight is 290 g/mol. The lowest BCUT2D eigenvalue weighted by Gasteiger charge is -2.10. The lowest BCUT2D eigenvalue weighted by atomic mass is 10.0. The molecule has 3 aromatic rings. The Morgan fingerprint density at radius 3 is 2.23 bits per heavy atom. The third kappa shape index (κ3) is 2.54. The first-order valence-corrected chi connectivity index (χ1v) is 6.85. The molecule has 4 heteroatoms. The number of nitrogens with one attached hydrogen (secondary N) is 1. The first-order valence-electron chi connectivity index (χ1n) is 6.85. The fourth-order valence-corrected chi connectivity index (χ4v) is 2.42. The molecule has 4 nitrogen and oxygen atoms in total. The quantitative estimate of drug-likeness (QED) is 0.777. The first kappa shape index (κ1) is 13.8. The number of amides is 2. The van der Waals surface area contributed by atoms with Gasteiger partial charge >= 0.3 is 0 Å². The molecule has 0 fully saturated rings. The van der Waals surface area contributed by atoms with Crippen molar-refractivity contribution in [1.82, 2.24) is 0 Å². The Morgan fingerprint density at radius 2 is 1.41 bits per heavy atom. The van der Waals surface area contributed by atoms with Gasteiger partial charge in [-0.1, -0.05) is 48.5 Å². The van der Waals surface area contributed by atoms with Crippen molar-refractivity contribution in [3.8, 4) is 0 Å². The molecule has 0 spiro atoms. The fraction of sp³-hybridized carbons (Fsp3) is 0. The van der Waals surface area contributed by atoms with Gasteiger partial charge in [-0.05, 0) is 29.0 Å². The van der Waals surface area contributed by atoms with Gasteiger partial charge in [-0.15, -0.1) is 0 Å². The normalized spacial score (nSPS) is 10.4. The van der Waals surface area contributed by atoms with Gasteiger partial charge in [0.15, 0.2) is 0 Å². The van der Waals surface area contributed by atoms with Gasteiger partial charge in [0, 0.05) is 5.56 Å². The Labute approximate surface area is 127 Å². The van der Waals surface area contributed by atoms with Crippen LogP contribution in [0.5, 0.6) is 0 Å². The van der Waals surface area contributed by atoms with Gasteiger partial charge in [-0.25, -0.2) is 0 Å². The molecule has 22 heavy (non-hydrogen) atoms. The summed E-state index contributed by atoms with van der Waals surface area (Å²) in [5, 5.41) is 4.61. The zero-order valence-corrected chi connectivity index (χ0v) is 11.7. The van der Waals surface area contributed by atoms with Gasteiger partial charge in [-0.2, -0.15) is 0 Å². The molecule has 0 radical (unpaired) electrons. The summed E-state index contributed by atoms with van der Waals surface area (Å²) in [6, 6.07) is 19.9. The summed E-state index contributed by atoms with van der Waals surface area (Å²) in [5.74, 6) is -0.848. The molecule has 0 saturated carbocycles. The Balaban J connectivity index is 2.00. The number of anilines is 1. The number of nitrogens with two attached hydrogens (primary N) is 1. The van der Waals surface area contributed by atoms with Crippen molar-refractivity contribution in [1.29, 1.82) is 0 Å². The second kappa shape index (κ2) is 5.69. The molecule has 0 aliphatic heterocycles. The number of hydrogen-bond donors (Lipinski definition) is 2. The maximum absolute atomic E-state index is 12.5. The molecule has 0 atom stereocenters. The van der Waals surface area contributed by atoms with Gasteiger partial charge < -0.3 is 11.1 Å². The molecule has 0 aliphatic rings. The molecule has 0 saturated heterocycles. The summed E-state index contributed by atoms with van der Waals surface area (Å²) in [4.78, 5) is 24.0. The van der Waals surface area contributed by atoms with Gasteiger partial charge in [-0.3, -0.25) is 9.59 Å². The largest absolute Gasteiger partial charge is 0.366 e. The minimum Gasteiger partial charge on any atom is -0.366 e. The zero-order valence-electron chi connectivity index (χ0n) is 11.7. The van der Waals surface area contributed by atoms with Crippen LogP contribution in [0.15, 0.2) is 66.7 Å². The van der Waals surface area contributed by atoms with Crippen molar-refractivity contribution in [2.75, 3.05) is 5.32 Å². The topological polar surface area (TPSA) is 72.2 Å². The highest BCUT2D eigenvalue weighted by atomic mass is 16.2. The van der Waals surface area contributed by atoms with Gasteiger partial charge in [0.2, 0.25) is 0 Å². The Morgan fingerprint density at radius 1 is 0.773 bits per heavy atom. The van der Waals surface area contributed by atoms with E-state index in [0.29, 0.717) is 11.3 Å². The van der Waals surface area contributed by atoms with E-state index in [-0.39, 0.29) is 11.5 Å². The zero-order chi connectivity index (χ0) is 15.5. The molecule has 3 aromatic carbocycles. The third-order valence-electron chi connectivity index (χ3n) is 3.47. The molecular weight excluding hydrogens is 276 g/mol.